The lowest BCUT2D eigenvalue weighted by Gasteiger charge is -2.11. The zero-order valence-corrected chi connectivity index (χ0v) is 13.5. The average molecular weight is 345 g/mol. The minimum absolute atomic E-state index is 0.382. The van der Waals surface area contributed by atoms with E-state index in [4.69, 9.17) is 5.26 Å². The van der Waals surface area contributed by atoms with Crippen molar-refractivity contribution in [1.29, 1.82) is 5.26 Å². The Bertz CT molecular complexity index is 946. The Morgan fingerprint density at radius 2 is 2.00 bits per heavy atom. The fourth-order valence-electron chi connectivity index (χ4n) is 2.85. The normalized spacial score (nSPS) is 11.5. The topological polar surface area (TPSA) is 70.3 Å². The van der Waals surface area contributed by atoms with Gasteiger partial charge in [-0.1, -0.05) is 11.3 Å². The van der Waals surface area contributed by atoms with Crippen LogP contribution in [-0.4, -0.2) is 20.0 Å². The Labute approximate surface area is 141 Å². The number of nitriles is 1. The molecule has 0 spiro atoms. The second-order valence-electron chi connectivity index (χ2n) is 5.71. The lowest BCUT2D eigenvalue weighted by Crippen LogP contribution is -2.08. The molecule has 2 aromatic heterocycles. The molecular weight excluding hydrogens is 331 g/mol. The molecule has 5 nitrogen and oxygen atoms in total. The van der Waals surface area contributed by atoms with Gasteiger partial charge >= 0.3 is 6.18 Å². The van der Waals surface area contributed by atoms with Crippen LogP contribution in [0.3, 0.4) is 0 Å². The van der Waals surface area contributed by atoms with Gasteiger partial charge in [0.25, 0.3) is 0 Å². The Morgan fingerprint density at radius 1 is 1.24 bits per heavy atom. The van der Waals surface area contributed by atoms with Gasteiger partial charge in [0.15, 0.2) is 0 Å². The van der Waals surface area contributed by atoms with Gasteiger partial charge < -0.3 is 4.57 Å². The summed E-state index contributed by atoms with van der Waals surface area (Å²) < 4.78 is 41.5. The lowest BCUT2D eigenvalue weighted by atomic mass is 9.99. The molecule has 0 fully saturated rings. The minimum atomic E-state index is -4.58. The van der Waals surface area contributed by atoms with Crippen LogP contribution in [-0.2, 0) is 12.7 Å². The number of benzene rings is 1. The van der Waals surface area contributed by atoms with Crippen LogP contribution < -0.4 is 0 Å². The number of H-pyrrole nitrogens is 1. The zero-order chi connectivity index (χ0) is 18.2. The maximum absolute atomic E-state index is 13.2. The molecule has 3 rings (SSSR count). The van der Waals surface area contributed by atoms with E-state index in [1.165, 1.54) is 12.1 Å². The van der Waals surface area contributed by atoms with Crippen LogP contribution in [0.2, 0.25) is 0 Å². The van der Waals surface area contributed by atoms with E-state index in [-0.39, 0.29) is 5.56 Å². The molecule has 0 bridgehead atoms. The van der Waals surface area contributed by atoms with Gasteiger partial charge in [-0.2, -0.15) is 18.4 Å². The zero-order valence-electron chi connectivity index (χ0n) is 13.5. The molecule has 0 aliphatic carbocycles. The van der Waals surface area contributed by atoms with Crippen LogP contribution in [0.15, 0.2) is 30.5 Å². The van der Waals surface area contributed by atoms with Crippen molar-refractivity contribution >= 4 is 0 Å². The molecule has 0 radical (unpaired) electrons. The number of aromatic nitrogens is 4. The van der Waals surface area contributed by atoms with Gasteiger partial charge in [-0.25, -0.2) is 0 Å². The van der Waals surface area contributed by atoms with Crippen LogP contribution in [0.5, 0.6) is 0 Å². The van der Waals surface area contributed by atoms with Crippen molar-refractivity contribution in [1.82, 2.24) is 20.0 Å². The first-order chi connectivity index (χ1) is 11.8. The SMILES string of the molecule is Cc1cc(-c2ccc(C#N)c(C(F)(F)F)c2)c(C)n1Cc1c[nH]nn1. The summed E-state index contributed by atoms with van der Waals surface area (Å²) in [6.07, 6.45) is -2.91. The molecule has 0 saturated heterocycles. The number of aromatic amines is 1. The van der Waals surface area contributed by atoms with E-state index in [1.807, 2.05) is 24.5 Å². The molecule has 8 heteroatoms. The summed E-state index contributed by atoms with van der Waals surface area (Å²) in [6, 6.07) is 7.20. The van der Waals surface area contributed by atoms with E-state index < -0.39 is 11.7 Å². The number of rotatable bonds is 3. The maximum atomic E-state index is 13.2. The highest BCUT2D eigenvalue weighted by atomic mass is 19.4. The molecule has 0 amide bonds. The van der Waals surface area contributed by atoms with Crippen LogP contribution >= 0.6 is 0 Å². The summed E-state index contributed by atoms with van der Waals surface area (Å²) >= 11 is 0. The number of halogens is 3. The lowest BCUT2D eigenvalue weighted by molar-refractivity contribution is -0.137. The first-order valence-corrected chi connectivity index (χ1v) is 7.45. The highest BCUT2D eigenvalue weighted by Crippen LogP contribution is 2.36. The Kier molecular flexibility index (Phi) is 4.08. The molecule has 128 valence electrons. The van der Waals surface area contributed by atoms with Gasteiger partial charge in [0, 0.05) is 23.1 Å². The van der Waals surface area contributed by atoms with E-state index in [9.17, 15) is 13.2 Å². The van der Waals surface area contributed by atoms with Crippen molar-refractivity contribution in [3.05, 3.63) is 58.7 Å². The fraction of sp³-hybridized carbons (Fsp3) is 0.235. The first kappa shape index (κ1) is 16.8. The van der Waals surface area contributed by atoms with Gasteiger partial charge in [-0.05, 0) is 37.6 Å². The van der Waals surface area contributed by atoms with Gasteiger partial charge in [0.2, 0.25) is 0 Å². The second-order valence-corrected chi connectivity index (χ2v) is 5.71. The Hall–Kier alpha value is -3.08. The van der Waals surface area contributed by atoms with Crippen LogP contribution in [0.1, 0.15) is 28.2 Å². The molecule has 2 heterocycles. The fourth-order valence-corrected chi connectivity index (χ4v) is 2.85. The number of alkyl halides is 3. The van der Waals surface area contributed by atoms with E-state index in [2.05, 4.69) is 15.4 Å². The van der Waals surface area contributed by atoms with Crippen molar-refractivity contribution in [2.75, 3.05) is 0 Å². The second kappa shape index (κ2) is 6.09. The van der Waals surface area contributed by atoms with Gasteiger partial charge in [-0.3, -0.25) is 5.10 Å². The summed E-state index contributed by atoms with van der Waals surface area (Å²) in [4.78, 5) is 0. The van der Waals surface area contributed by atoms with Crippen molar-refractivity contribution < 1.29 is 13.2 Å². The molecule has 0 aliphatic rings. The van der Waals surface area contributed by atoms with Crippen LogP contribution in [0, 0.1) is 25.2 Å². The molecule has 0 unspecified atom stereocenters. The number of nitrogens with zero attached hydrogens (tertiary/aromatic N) is 4. The molecule has 0 saturated carbocycles. The van der Waals surface area contributed by atoms with E-state index in [1.54, 1.807) is 12.3 Å². The van der Waals surface area contributed by atoms with Crippen molar-refractivity contribution in [2.24, 2.45) is 0 Å². The number of hydrogen-bond acceptors (Lipinski definition) is 3. The number of aryl methyl sites for hydroxylation is 1. The highest BCUT2D eigenvalue weighted by molar-refractivity contribution is 5.69. The maximum Gasteiger partial charge on any atom is 0.417 e. The minimum Gasteiger partial charge on any atom is -0.342 e. The standard InChI is InChI=1S/C17H14F3N5/c1-10-5-15(11(2)25(10)9-14-8-22-24-23-14)12-3-4-13(7-21)16(6-12)17(18,19)20/h3-6,8H,9H2,1-2H3,(H,22,23,24). The quantitative estimate of drug-likeness (QED) is 0.784. The van der Waals surface area contributed by atoms with Crippen molar-refractivity contribution in [3.8, 4) is 17.2 Å². The van der Waals surface area contributed by atoms with Gasteiger partial charge in [0.1, 0.15) is 5.69 Å². The number of nitrogens with one attached hydrogen (secondary N) is 1. The van der Waals surface area contributed by atoms with Crippen molar-refractivity contribution in [2.45, 2.75) is 26.6 Å². The monoisotopic (exact) mass is 345 g/mol. The summed E-state index contributed by atoms with van der Waals surface area (Å²) in [5, 5.41) is 19.1. The smallest absolute Gasteiger partial charge is 0.342 e. The summed E-state index contributed by atoms with van der Waals surface area (Å²) in [7, 11) is 0. The molecule has 1 aromatic carbocycles. The first-order valence-electron chi connectivity index (χ1n) is 7.45. The molecule has 0 aliphatic heterocycles. The van der Waals surface area contributed by atoms with Gasteiger partial charge in [-0.15, -0.1) is 5.10 Å². The van der Waals surface area contributed by atoms with Crippen LogP contribution in [0.4, 0.5) is 13.2 Å². The van der Waals surface area contributed by atoms with E-state index in [0.29, 0.717) is 17.7 Å². The molecule has 0 atom stereocenters. The Morgan fingerprint density at radius 3 is 2.60 bits per heavy atom. The van der Waals surface area contributed by atoms with Crippen molar-refractivity contribution in [3.63, 3.8) is 0 Å². The molecule has 1 N–H and O–H groups in total. The molecule has 25 heavy (non-hydrogen) atoms. The average Bonchev–Trinajstić information content (AvgIpc) is 3.17. The van der Waals surface area contributed by atoms with Crippen LogP contribution in [0.25, 0.3) is 11.1 Å². The predicted molar refractivity (Wildman–Crippen MR) is 84.5 cm³/mol. The summed E-state index contributed by atoms with van der Waals surface area (Å²) in [5.41, 5.74) is 2.25. The summed E-state index contributed by atoms with van der Waals surface area (Å²) in [6.45, 7) is 4.19. The van der Waals surface area contributed by atoms with E-state index >= 15 is 0 Å². The largest absolute Gasteiger partial charge is 0.417 e. The third-order valence-corrected chi connectivity index (χ3v) is 4.12. The Balaban J connectivity index is 2.07. The molecular formula is C17H14F3N5. The highest BCUT2D eigenvalue weighted by Gasteiger charge is 2.34. The predicted octanol–water partition coefficient (Wildman–Crippen LogP) is 3.83. The molecule has 3 aromatic rings. The number of hydrogen-bond donors (Lipinski definition) is 1. The van der Waals surface area contributed by atoms with E-state index in [0.717, 1.165) is 23.1 Å². The third-order valence-electron chi connectivity index (χ3n) is 4.12. The summed E-state index contributed by atoms with van der Waals surface area (Å²) in [5.74, 6) is 0. The van der Waals surface area contributed by atoms with Gasteiger partial charge in [0.05, 0.1) is 23.7 Å². The third kappa shape index (κ3) is 3.13.